The third-order valence-corrected chi connectivity index (χ3v) is 4.77. The Bertz CT molecular complexity index is 707. The molecule has 4 heteroatoms. The van der Waals surface area contributed by atoms with E-state index in [9.17, 15) is 0 Å². The minimum absolute atomic E-state index is 0.990. The van der Waals surface area contributed by atoms with Crippen molar-refractivity contribution in [2.24, 2.45) is 7.05 Å². The molecule has 0 radical (unpaired) electrons. The van der Waals surface area contributed by atoms with E-state index in [1.54, 1.807) is 11.8 Å². The standard InChI is InChI=1S/C16H18N3S/c1-11-9-12(2)18(3)15(17-11)10-16-19(4)13-7-5-6-8-14(13)20-16/h5-10H,1-4H3/q+1. The predicted octanol–water partition coefficient (Wildman–Crippen LogP) is 3.06. The van der Waals surface area contributed by atoms with Crippen molar-refractivity contribution in [3.05, 3.63) is 52.6 Å². The molecule has 0 bridgehead atoms. The predicted molar refractivity (Wildman–Crippen MR) is 83.6 cm³/mol. The van der Waals surface area contributed by atoms with Crippen LogP contribution in [0.2, 0.25) is 0 Å². The summed E-state index contributed by atoms with van der Waals surface area (Å²) in [5.41, 5.74) is 3.53. The molecule has 0 aliphatic carbocycles. The van der Waals surface area contributed by atoms with E-state index in [0.717, 1.165) is 11.5 Å². The molecular weight excluding hydrogens is 266 g/mol. The number of para-hydroxylation sites is 1. The molecule has 0 saturated heterocycles. The van der Waals surface area contributed by atoms with Gasteiger partial charge in [-0.3, -0.25) is 0 Å². The van der Waals surface area contributed by atoms with Crippen molar-refractivity contribution >= 4 is 23.5 Å². The fourth-order valence-electron chi connectivity index (χ4n) is 2.35. The second-order valence-electron chi connectivity index (χ2n) is 5.07. The summed E-state index contributed by atoms with van der Waals surface area (Å²) in [6.07, 6.45) is 2.16. The Kier molecular flexibility index (Phi) is 3.26. The first-order valence-electron chi connectivity index (χ1n) is 6.63. The van der Waals surface area contributed by atoms with Crippen molar-refractivity contribution in [1.82, 2.24) is 4.98 Å². The lowest BCUT2D eigenvalue weighted by Gasteiger charge is -2.12. The van der Waals surface area contributed by atoms with Crippen LogP contribution < -0.4 is 9.47 Å². The van der Waals surface area contributed by atoms with Gasteiger partial charge in [0, 0.05) is 24.9 Å². The number of aromatic nitrogens is 2. The molecule has 20 heavy (non-hydrogen) atoms. The van der Waals surface area contributed by atoms with Crippen molar-refractivity contribution in [1.29, 1.82) is 0 Å². The lowest BCUT2D eigenvalue weighted by Crippen LogP contribution is -2.37. The van der Waals surface area contributed by atoms with E-state index in [0.29, 0.717) is 0 Å². The molecule has 0 fully saturated rings. The maximum absolute atomic E-state index is 4.64. The van der Waals surface area contributed by atoms with Crippen molar-refractivity contribution in [3.8, 4) is 0 Å². The van der Waals surface area contributed by atoms with Crippen LogP contribution in [-0.4, -0.2) is 12.0 Å². The second-order valence-corrected chi connectivity index (χ2v) is 6.13. The van der Waals surface area contributed by atoms with Crippen LogP contribution in [0.25, 0.3) is 6.08 Å². The smallest absolute Gasteiger partial charge is 0.325 e. The van der Waals surface area contributed by atoms with E-state index in [1.165, 1.54) is 21.3 Å². The first-order chi connectivity index (χ1) is 9.56. The molecule has 3 rings (SSSR count). The summed E-state index contributed by atoms with van der Waals surface area (Å²) in [5, 5.41) is 1.21. The van der Waals surface area contributed by atoms with E-state index >= 15 is 0 Å². The van der Waals surface area contributed by atoms with Gasteiger partial charge in [0.05, 0.1) is 23.8 Å². The van der Waals surface area contributed by atoms with Gasteiger partial charge in [-0.25, -0.2) is 4.57 Å². The number of hydrogen-bond donors (Lipinski definition) is 0. The van der Waals surface area contributed by atoms with Gasteiger partial charge >= 0.3 is 5.82 Å². The molecule has 2 aromatic rings. The molecule has 0 amide bonds. The third-order valence-electron chi connectivity index (χ3n) is 3.61. The Balaban J connectivity index is 2.04. The quantitative estimate of drug-likeness (QED) is 0.751. The summed E-state index contributed by atoms with van der Waals surface area (Å²) in [4.78, 5) is 8.16. The Hall–Kier alpha value is -1.81. The number of hydrogen-bond acceptors (Lipinski definition) is 3. The summed E-state index contributed by atoms with van der Waals surface area (Å²) in [6, 6.07) is 10.6. The largest absolute Gasteiger partial charge is 0.338 e. The van der Waals surface area contributed by atoms with Gasteiger partial charge in [0.25, 0.3) is 0 Å². The van der Waals surface area contributed by atoms with Crippen molar-refractivity contribution in [2.75, 3.05) is 11.9 Å². The minimum Gasteiger partial charge on any atom is -0.338 e. The molecule has 1 aliphatic heterocycles. The molecule has 0 atom stereocenters. The summed E-state index contributed by atoms with van der Waals surface area (Å²) in [6.45, 7) is 4.15. The third kappa shape index (κ3) is 2.20. The lowest BCUT2D eigenvalue weighted by atomic mass is 10.3. The molecule has 0 spiro atoms. The Labute approximate surface area is 124 Å². The van der Waals surface area contributed by atoms with E-state index in [1.807, 2.05) is 6.92 Å². The normalized spacial score (nSPS) is 15.8. The number of aryl methyl sites for hydroxylation is 2. The molecule has 102 valence electrons. The molecular formula is C16H18N3S+. The first kappa shape index (κ1) is 13.2. The van der Waals surface area contributed by atoms with Crippen LogP contribution in [0.1, 0.15) is 17.2 Å². The van der Waals surface area contributed by atoms with Gasteiger partial charge in [0.1, 0.15) is 5.69 Å². The van der Waals surface area contributed by atoms with Gasteiger partial charge in [0.2, 0.25) is 0 Å². The van der Waals surface area contributed by atoms with E-state index < -0.39 is 0 Å². The van der Waals surface area contributed by atoms with Crippen molar-refractivity contribution in [3.63, 3.8) is 0 Å². The van der Waals surface area contributed by atoms with Crippen LogP contribution in [-0.2, 0) is 7.05 Å². The maximum atomic E-state index is 4.64. The van der Waals surface area contributed by atoms with Gasteiger partial charge in [-0.15, -0.1) is 0 Å². The van der Waals surface area contributed by atoms with Crippen LogP contribution in [0.15, 0.2) is 40.3 Å². The zero-order valence-electron chi connectivity index (χ0n) is 12.2. The average molecular weight is 284 g/mol. The zero-order valence-corrected chi connectivity index (χ0v) is 13.0. The number of anilines is 1. The van der Waals surface area contributed by atoms with Crippen molar-refractivity contribution < 1.29 is 4.57 Å². The molecule has 1 aliphatic rings. The summed E-state index contributed by atoms with van der Waals surface area (Å²) in [5.74, 6) is 0.990. The molecule has 3 nitrogen and oxygen atoms in total. The van der Waals surface area contributed by atoms with Gasteiger partial charge < -0.3 is 4.90 Å². The molecule has 1 aromatic carbocycles. The summed E-state index contributed by atoms with van der Waals surface area (Å²) in [7, 11) is 4.16. The first-order valence-corrected chi connectivity index (χ1v) is 7.44. The Morgan fingerprint density at radius 1 is 1.25 bits per heavy atom. The fourth-order valence-corrected chi connectivity index (χ4v) is 3.44. The average Bonchev–Trinajstić information content (AvgIpc) is 2.73. The van der Waals surface area contributed by atoms with E-state index in [2.05, 4.69) is 71.9 Å². The highest BCUT2D eigenvalue weighted by atomic mass is 32.2. The Morgan fingerprint density at radius 2 is 2.00 bits per heavy atom. The van der Waals surface area contributed by atoms with Crippen LogP contribution in [0.3, 0.4) is 0 Å². The van der Waals surface area contributed by atoms with Crippen LogP contribution in [0, 0.1) is 13.8 Å². The number of nitrogens with zero attached hydrogens (tertiary/aromatic N) is 3. The molecule has 2 heterocycles. The minimum atomic E-state index is 0.990. The van der Waals surface area contributed by atoms with Gasteiger partial charge in [-0.1, -0.05) is 23.9 Å². The highest BCUT2D eigenvalue weighted by Gasteiger charge is 2.23. The zero-order chi connectivity index (χ0) is 14.3. The molecule has 0 unspecified atom stereocenters. The van der Waals surface area contributed by atoms with Crippen molar-refractivity contribution in [2.45, 2.75) is 18.7 Å². The highest BCUT2D eigenvalue weighted by molar-refractivity contribution is 8.03. The fraction of sp³-hybridized carbons (Fsp3) is 0.250. The second kappa shape index (κ2) is 4.94. The van der Waals surface area contributed by atoms with Gasteiger partial charge in [-0.05, 0) is 24.0 Å². The molecule has 0 saturated carbocycles. The highest BCUT2D eigenvalue weighted by Crippen LogP contribution is 2.45. The number of fused-ring (bicyclic) bond motifs is 1. The number of benzene rings is 1. The lowest BCUT2D eigenvalue weighted by molar-refractivity contribution is -0.682. The van der Waals surface area contributed by atoms with Crippen LogP contribution in [0.4, 0.5) is 5.69 Å². The topological polar surface area (TPSA) is 20.0 Å². The monoisotopic (exact) mass is 284 g/mol. The van der Waals surface area contributed by atoms with E-state index in [4.69, 9.17) is 0 Å². The van der Waals surface area contributed by atoms with E-state index in [-0.39, 0.29) is 0 Å². The molecule has 0 N–H and O–H groups in total. The van der Waals surface area contributed by atoms with Gasteiger partial charge in [0.15, 0.2) is 5.69 Å². The SMILES string of the molecule is Cc1cc(C)[n+](C)c(C=C2Sc3ccccc3N2C)n1. The Morgan fingerprint density at radius 3 is 2.75 bits per heavy atom. The van der Waals surface area contributed by atoms with Gasteiger partial charge in [-0.2, -0.15) is 0 Å². The summed E-state index contributed by atoms with van der Waals surface area (Å²) < 4.78 is 2.12. The number of rotatable bonds is 1. The summed E-state index contributed by atoms with van der Waals surface area (Å²) >= 11 is 1.79. The van der Waals surface area contributed by atoms with Crippen LogP contribution in [0.5, 0.6) is 0 Å². The number of thioether (sulfide) groups is 1. The maximum Gasteiger partial charge on any atom is 0.325 e. The van der Waals surface area contributed by atoms with Crippen LogP contribution >= 0.6 is 11.8 Å². The molecule has 1 aromatic heterocycles.